The van der Waals surface area contributed by atoms with E-state index in [4.69, 9.17) is 4.74 Å². The molecule has 1 N–H and O–H groups in total. The van der Waals surface area contributed by atoms with Crippen LogP contribution in [0, 0.1) is 23.7 Å². The van der Waals surface area contributed by atoms with Gasteiger partial charge < -0.3 is 10.1 Å². The van der Waals surface area contributed by atoms with Crippen LogP contribution in [0.5, 0.6) is 0 Å². The van der Waals surface area contributed by atoms with Gasteiger partial charge in [-0.2, -0.15) is 0 Å². The predicted molar refractivity (Wildman–Crippen MR) is 104 cm³/mol. The minimum Gasteiger partial charge on any atom is -0.462 e. The second-order valence-electron chi connectivity index (χ2n) is 8.46. The van der Waals surface area contributed by atoms with E-state index in [2.05, 4.69) is 12.2 Å². The number of esters is 1. The minimum absolute atomic E-state index is 0.119. The summed E-state index contributed by atoms with van der Waals surface area (Å²) >= 11 is 1.60. The molecular formula is C21H29NO3S. The van der Waals surface area contributed by atoms with Crippen LogP contribution in [0.2, 0.25) is 0 Å². The van der Waals surface area contributed by atoms with E-state index >= 15 is 0 Å². The van der Waals surface area contributed by atoms with Gasteiger partial charge in [0.25, 0.3) is 0 Å². The molecule has 1 aromatic rings. The SMILES string of the molecule is CCCOC(=O)c1c(NC(=O)[C@@H]2C[C@H]3CC[C@H]2C3)sc2c1CC[C@H](C)C2. The van der Waals surface area contributed by atoms with E-state index in [1.165, 1.54) is 24.1 Å². The Balaban J connectivity index is 1.58. The third kappa shape index (κ3) is 3.30. The molecule has 1 heterocycles. The van der Waals surface area contributed by atoms with Crippen molar-refractivity contribution in [2.75, 3.05) is 11.9 Å². The average molecular weight is 376 g/mol. The number of nitrogens with one attached hydrogen (secondary N) is 1. The quantitative estimate of drug-likeness (QED) is 0.751. The number of carbonyl (C=O) groups is 2. The van der Waals surface area contributed by atoms with Crippen LogP contribution in [-0.4, -0.2) is 18.5 Å². The summed E-state index contributed by atoms with van der Waals surface area (Å²) in [6.45, 7) is 4.68. The lowest BCUT2D eigenvalue weighted by molar-refractivity contribution is -0.121. The molecule has 4 rings (SSSR count). The molecule has 142 valence electrons. The molecule has 2 bridgehead atoms. The van der Waals surface area contributed by atoms with Crippen molar-refractivity contribution >= 4 is 28.2 Å². The van der Waals surface area contributed by atoms with Crippen molar-refractivity contribution in [2.24, 2.45) is 23.7 Å². The van der Waals surface area contributed by atoms with E-state index < -0.39 is 0 Å². The van der Waals surface area contributed by atoms with Crippen LogP contribution in [-0.2, 0) is 22.4 Å². The van der Waals surface area contributed by atoms with Crippen LogP contribution in [0.4, 0.5) is 5.00 Å². The number of rotatable bonds is 5. The maximum atomic E-state index is 12.9. The van der Waals surface area contributed by atoms with Crippen molar-refractivity contribution in [3.05, 3.63) is 16.0 Å². The van der Waals surface area contributed by atoms with Crippen molar-refractivity contribution in [3.63, 3.8) is 0 Å². The smallest absolute Gasteiger partial charge is 0.341 e. The fraction of sp³-hybridized carbons (Fsp3) is 0.714. The molecule has 0 aromatic carbocycles. The Morgan fingerprint density at radius 1 is 1.23 bits per heavy atom. The fourth-order valence-electron chi connectivity index (χ4n) is 5.09. The molecule has 1 amide bonds. The van der Waals surface area contributed by atoms with Crippen LogP contribution in [0.15, 0.2) is 0 Å². The number of ether oxygens (including phenoxy) is 1. The van der Waals surface area contributed by atoms with E-state index in [9.17, 15) is 9.59 Å². The van der Waals surface area contributed by atoms with Crippen molar-refractivity contribution in [3.8, 4) is 0 Å². The van der Waals surface area contributed by atoms with Gasteiger partial charge in [0.05, 0.1) is 12.2 Å². The van der Waals surface area contributed by atoms with Crippen LogP contribution in [0.3, 0.4) is 0 Å². The molecule has 0 unspecified atom stereocenters. The summed E-state index contributed by atoms with van der Waals surface area (Å²) in [6.07, 6.45) is 8.52. The van der Waals surface area contributed by atoms with Crippen LogP contribution >= 0.6 is 11.3 Å². The van der Waals surface area contributed by atoms with Gasteiger partial charge in [-0.3, -0.25) is 4.79 Å². The fourth-order valence-corrected chi connectivity index (χ4v) is 6.49. The Bertz CT molecular complexity index is 710. The number of carbonyl (C=O) groups excluding carboxylic acids is 2. The Kier molecular flexibility index (Phi) is 5.09. The second-order valence-corrected chi connectivity index (χ2v) is 9.57. The van der Waals surface area contributed by atoms with E-state index in [-0.39, 0.29) is 17.8 Å². The summed E-state index contributed by atoms with van der Waals surface area (Å²) in [4.78, 5) is 26.9. The number of anilines is 1. The molecule has 0 radical (unpaired) electrons. The zero-order valence-electron chi connectivity index (χ0n) is 15.8. The first-order valence-corrected chi connectivity index (χ1v) is 11.0. The van der Waals surface area contributed by atoms with Crippen molar-refractivity contribution in [2.45, 2.75) is 65.2 Å². The largest absolute Gasteiger partial charge is 0.462 e. The summed E-state index contributed by atoms with van der Waals surface area (Å²) in [7, 11) is 0. The number of fused-ring (bicyclic) bond motifs is 3. The summed E-state index contributed by atoms with van der Waals surface area (Å²) in [5.41, 5.74) is 1.76. The first kappa shape index (κ1) is 18.0. The number of amides is 1. The maximum absolute atomic E-state index is 12.9. The number of hydrogen-bond donors (Lipinski definition) is 1. The average Bonchev–Trinajstić information content (AvgIpc) is 3.32. The van der Waals surface area contributed by atoms with Crippen molar-refractivity contribution < 1.29 is 14.3 Å². The van der Waals surface area contributed by atoms with E-state index in [0.717, 1.165) is 48.6 Å². The molecule has 1 aromatic heterocycles. The van der Waals surface area contributed by atoms with E-state index in [1.807, 2.05) is 6.92 Å². The molecule has 26 heavy (non-hydrogen) atoms. The first-order chi connectivity index (χ1) is 12.6. The van der Waals surface area contributed by atoms with Gasteiger partial charge in [-0.15, -0.1) is 11.3 Å². The maximum Gasteiger partial charge on any atom is 0.341 e. The molecule has 5 heteroatoms. The lowest BCUT2D eigenvalue weighted by Gasteiger charge is -2.20. The third-order valence-electron chi connectivity index (χ3n) is 6.46. The van der Waals surface area contributed by atoms with Gasteiger partial charge in [0.15, 0.2) is 0 Å². The first-order valence-electron chi connectivity index (χ1n) is 10.2. The van der Waals surface area contributed by atoms with Crippen molar-refractivity contribution in [1.29, 1.82) is 0 Å². The minimum atomic E-state index is -0.262. The Labute approximate surface area is 159 Å². The molecule has 3 aliphatic rings. The zero-order valence-corrected chi connectivity index (χ0v) is 16.6. The second kappa shape index (κ2) is 7.34. The molecule has 3 aliphatic carbocycles. The van der Waals surface area contributed by atoms with Crippen LogP contribution in [0.25, 0.3) is 0 Å². The molecule has 0 aliphatic heterocycles. The highest BCUT2D eigenvalue weighted by Crippen LogP contribution is 2.49. The van der Waals surface area contributed by atoms with Crippen molar-refractivity contribution in [1.82, 2.24) is 0 Å². The van der Waals surface area contributed by atoms with Gasteiger partial charge in [0, 0.05) is 10.8 Å². The molecule has 0 spiro atoms. The van der Waals surface area contributed by atoms with Gasteiger partial charge in [0.1, 0.15) is 5.00 Å². The Morgan fingerprint density at radius 3 is 2.77 bits per heavy atom. The van der Waals surface area contributed by atoms with Crippen LogP contribution in [0.1, 0.15) is 73.2 Å². The topological polar surface area (TPSA) is 55.4 Å². The summed E-state index contributed by atoms with van der Waals surface area (Å²) in [5.74, 6) is 1.91. The zero-order chi connectivity index (χ0) is 18.3. The molecule has 2 fully saturated rings. The van der Waals surface area contributed by atoms with Gasteiger partial charge in [-0.1, -0.05) is 20.3 Å². The molecule has 4 atom stereocenters. The highest BCUT2D eigenvalue weighted by atomic mass is 32.1. The van der Waals surface area contributed by atoms with E-state index in [1.54, 1.807) is 11.3 Å². The highest BCUT2D eigenvalue weighted by molar-refractivity contribution is 7.17. The number of thiophene rings is 1. The highest BCUT2D eigenvalue weighted by Gasteiger charge is 2.43. The predicted octanol–water partition coefficient (Wildman–Crippen LogP) is 4.81. The Hall–Kier alpha value is -1.36. The van der Waals surface area contributed by atoms with Gasteiger partial charge in [0.2, 0.25) is 5.91 Å². The Morgan fingerprint density at radius 2 is 2.08 bits per heavy atom. The monoisotopic (exact) mass is 375 g/mol. The third-order valence-corrected chi connectivity index (χ3v) is 7.63. The standard InChI is InChI=1S/C21H29NO3S/c1-3-8-25-21(24)18-15-7-4-12(2)9-17(15)26-20(18)22-19(23)16-11-13-5-6-14(16)10-13/h12-14,16H,3-11H2,1-2H3,(H,22,23)/t12-,13-,14-,16+/m0/s1. The summed E-state index contributed by atoms with van der Waals surface area (Å²) in [6, 6.07) is 0. The van der Waals surface area contributed by atoms with Gasteiger partial charge in [-0.25, -0.2) is 4.79 Å². The molecule has 0 saturated heterocycles. The summed E-state index contributed by atoms with van der Waals surface area (Å²) in [5, 5.41) is 3.88. The van der Waals surface area contributed by atoms with Crippen LogP contribution < -0.4 is 5.32 Å². The normalized spacial score (nSPS) is 29.5. The molecular weight excluding hydrogens is 346 g/mol. The molecule has 2 saturated carbocycles. The lowest BCUT2D eigenvalue weighted by atomic mass is 9.87. The number of hydrogen-bond acceptors (Lipinski definition) is 4. The summed E-state index contributed by atoms with van der Waals surface area (Å²) < 4.78 is 5.44. The van der Waals surface area contributed by atoms with Gasteiger partial charge >= 0.3 is 5.97 Å². The lowest BCUT2D eigenvalue weighted by Crippen LogP contribution is -2.27. The van der Waals surface area contributed by atoms with Gasteiger partial charge in [-0.05, 0) is 68.3 Å². The molecule has 4 nitrogen and oxygen atoms in total. The van der Waals surface area contributed by atoms with E-state index in [0.29, 0.717) is 24.0 Å².